The van der Waals surface area contributed by atoms with Gasteiger partial charge in [-0.2, -0.15) is 14.6 Å². The van der Waals surface area contributed by atoms with Crippen molar-refractivity contribution in [1.29, 1.82) is 0 Å². The summed E-state index contributed by atoms with van der Waals surface area (Å²) >= 11 is 6.21. The molecule has 1 saturated heterocycles. The molecule has 0 bridgehead atoms. The molecule has 0 amide bonds. The lowest BCUT2D eigenvalue weighted by Gasteiger charge is -2.38. The van der Waals surface area contributed by atoms with Gasteiger partial charge in [-0.15, -0.1) is 0 Å². The second-order valence-corrected chi connectivity index (χ2v) is 7.53. The number of anilines is 2. The molecule has 0 N–H and O–H groups in total. The third kappa shape index (κ3) is 2.51. The van der Waals surface area contributed by atoms with Gasteiger partial charge in [0, 0.05) is 42.5 Å². The first-order chi connectivity index (χ1) is 12.7. The van der Waals surface area contributed by atoms with Gasteiger partial charge in [-0.1, -0.05) is 17.7 Å². The monoisotopic (exact) mass is 368 g/mol. The highest BCUT2D eigenvalue weighted by Gasteiger charge is 2.27. The lowest BCUT2D eigenvalue weighted by molar-refractivity contribution is 0.634. The first-order valence-corrected chi connectivity index (χ1v) is 9.56. The molecular weight excluding hydrogens is 348 g/mol. The highest BCUT2D eigenvalue weighted by atomic mass is 35.5. The van der Waals surface area contributed by atoms with Crippen LogP contribution in [-0.2, 0) is 12.8 Å². The molecule has 0 atom stereocenters. The van der Waals surface area contributed by atoms with Gasteiger partial charge < -0.3 is 9.80 Å². The van der Waals surface area contributed by atoms with Gasteiger partial charge in [0.1, 0.15) is 12.1 Å². The number of fused-ring (bicyclic) bond motifs is 2. The van der Waals surface area contributed by atoms with E-state index < -0.39 is 0 Å². The summed E-state index contributed by atoms with van der Waals surface area (Å²) in [6.07, 6.45) is 4.91. The highest BCUT2D eigenvalue weighted by molar-refractivity contribution is 6.30. The Hall–Kier alpha value is -2.34. The average molecular weight is 369 g/mol. The average Bonchev–Trinajstić information content (AvgIpc) is 3.30. The number of rotatable bonds is 2. The molecule has 2 aromatic heterocycles. The van der Waals surface area contributed by atoms with Gasteiger partial charge >= 0.3 is 0 Å². The van der Waals surface area contributed by atoms with Crippen LogP contribution in [0.5, 0.6) is 0 Å². The predicted octanol–water partition coefficient (Wildman–Crippen LogP) is 2.90. The largest absolute Gasteiger partial charge is 0.368 e. The highest BCUT2D eigenvalue weighted by Crippen LogP contribution is 2.32. The molecule has 6 nitrogen and oxygen atoms in total. The Bertz CT molecular complexity index is 974. The van der Waals surface area contributed by atoms with Crippen LogP contribution in [0.2, 0.25) is 5.02 Å². The van der Waals surface area contributed by atoms with Crippen molar-refractivity contribution in [3.8, 4) is 0 Å². The third-order valence-corrected chi connectivity index (χ3v) is 5.75. The van der Waals surface area contributed by atoms with E-state index in [4.69, 9.17) is 16.6 Å². The molecule has 134 valence electrons. The fourth-order valence-electron chi connectivity index (χ4n) is 4.21. The number of hydrogen-bond donors (Lipinski definition) is 0. The zero-order valence-corrected chi connectivity index (χ0v) is 15.6. The zero-order chi connectivity index (χ0) is 17.7. The Balaban J connectivity index is 1.45. The molecule has 1 aliphatic carbocycles. The van der Waals surface area contributed by atoms with Crippen LogP contribution in [0.1, 0.15) is 23.2 Å². The molecule has 0 saturated carbocycles. The lowest BCUT2D eigenvalue weighted by Crippen LogP contribution is -2.47. The maximum absolute atomic E-state index is 6.21. The molecule has 3 heterocycles. The summed E-state index contributed by atoms with van der Waals surface area (Å²) in [7, 11) is 0. The number of aromatic nitrogens is 4. The van der Waals surface area contributed by atoms with Crippen LogP contribution in [0, 0.1) is 6.92 Å². The van der Waals surface area contributed by atoms with Gasteiger partial charge in [0.15, 0.2) is 0 Å². The van der Waals surface area contributed by atoms with E-state index in [2.05, 4.69) is 38.9 Å². The van der Waals surface area contributed by atoms with Crippen molar-refractivity contribution in [3.05, 3.63) is 46.4 Å². The predicted molar refractivity (Wildman–Crippen MR) is 103 cm³/mol. The molecular formula is C19H21ClN6. The summed E-state index contributed by atoms with van der Waals surface area (Å²) in [6.45, 7) is 5.99. The first kappa shape index (κ1) is 15.9. The maximum Gasteiger partial charge on any atom is 0.254 e. The Morgan fingerprint density at radius 3 is 2.69 bits per heavy atom. The van der Waals surface area contributed by atoms with Crippen LogP contribution in [0.25, 0.3) is 5.78 Å². The molecule has 7 heteroatoms. The molecule has 26 heavy (non-hydrogen) atoms. The van der Waals surface area contributed by atoms with Gasteiger partial charge in [-0.3, -0.25) is 0 Å². The minimum atomic E-state index is 0.716. The molecule has 0 spiro atoms. The number of piperazine rings is 1. The minimum Gasteiger partial charge on any atom is -0.368 e. The third-order valence-electron chi connectivity index (χ3n) is 5.52. The van der Waals surface area contributed by atoms with E-state index in [1.165, 1.54) is 34.7 Å². The summed E-state index contributed by atoms with van der Waals surface area (Å²) in [5.74, 6) is 1.91. The topological polar surface area (TPSA) is 49.6 Å². The van der Waals surface area contributed by atoms with Gasteiger partial charge in [0.2, 0.25) is 0 Å². The number of halogens is 1. The van der Waals surface area contributed by atoms with Crippen molar-refractivity contribution in [2.75, 3.05) is 36.0 Å². The maximum atomic E-state index is 6.21. The Morgan fingerprint density at radius 2 is 1.85 bits per heavy atom. The van der Waals surface area contributed by atoms with Crippen molar-refractivity contribution in [2.45, 2.75) is 26.2 Å². The van der Waals surface area contributed by atoms with E-state index in [1.54, 1.807) is 6.33 Å². The summed E-state index contributed by atoms with van der Waals surface area (Å²) < 4.78 is 1.92. The van der Waals surface area contributed by atoms with Gasteiger partial charge in [-0.05, 0) is 43.9 Å². The molecule has 1 aliphatic heterocycles. The summed E-state index contributed by atoms with van der Waals surface area (Å²) in [5.41, 5.74) is 5.07. The molecule has 3 aromatic rings. The molecule has 5 rings (SSSR count). The fourth-order valence-corrected chi connectivity index (χ4v) is 4.38. The van der Waals surface area contributed by atoms with Crippen molar-refractivity contribution in [2.24, 2.45) is 0 Å². The number of hydrogen-bond acceptors (Lipinski definition) is 5. The molecule has 1 aromatic carbocycles. The SMILES string of the molecule is Cc1ccc(Cl)cc1N1CCN(c2c3c(nc4ncnn24)CCC3)CC1. The van der Waals surface area contributed by atoms with Crippen LogP contribution in [0.4, 0.5) is 11.5 Å². The van der Waals surface area contributed by atoms with Crippen LogP contribution in [-0.4, -0.2) is 45.8 Å². The molecule has 0 radical (unpaired) electrons. The molecule has 2 aliphatic rings. The van der Waals surface area contributed by atoms with E-state index in [9.17, 15) is 0 Å². The lowest BCUT2D eigenvalue weighted by atomic mass is 10.1. The second kappa shape index (κ2) is 6.13. The molecule has 1 fully saturated rings. The van der Waals surface area contributed by atoms with E-state index in [1.807, 2.05) is 10.6 Å². The van der Waals surface area contributed by atoms with E-state index in [0.717, 1.165) is 44.0 Å². The normalized spacial score (nSPS) is 17.2. The Morgan fingerprint density at radius 1 is 1.04 bits per heavy atom. The number of benzene rings is 1. The minimum absolute atomic E-state index is 0.716. The summed E-state index contributed by atoms with van der Waals surface area (Å²) in [5, 5.41) is 5.24. The first-order valence-electron chi connectivity index (χ1n) is 9.18. The van der Waals surface area contributed by atoms with Crippen LogP contribution in [0.3, 0.4) is 0 Å². The quantitative estimate of drug-likeness (QED) is 0.696. The Kier molecular flexibility index (Phi) is 3.74. The van der Waals surface area contributed by atoms with Gasteiger partial charge in [-0.25, -0.2) is 4.98 Å². The second-order valence-electron chi connectivity index (χ2n) is 7.09. The number of aryl methyl sites for hydroxylation is 2. The van der Waals surface area contributed by atoms with E-state index in [0.29, 0.717) is 5.78 Å². The van der Waals surface area contributed by atoms with Gasteiger partial charge in [0.05, 0.1) is 5.69 Å². The summed E-state index contributed by atoms with van der Waals surface area (Å²) in [4.78, 5) is 13.9. The van der Waals surface area contributed by atoms with E-state index >= 15 is 0 Å². The van der Waals surface area contributed by atoms with Crippen LogP contribution < -0.4 is 9.80 Å². The Labute approximate surface area is 157 Å². The number of nitrogens with zero attached hydrogens (tertiary/aromatic N) is 6. The van der Waals surface area contributed by atoms with Crippen LogP contribution >= 0.6 is 11.6 Å². The fraction of sp³-hybridized carbons (Fsp3) is 0.421. The van der Waals surface area contributed by atoms with Crippen molar-refractivity contribution in [1.82, 2.24) is 19.6 Å². The zero-order valence-electron chi connectivity index (χ0n) is 14.8. The van der Waals surface area contributed by atoms with Crippen molar-refractivity contribution in [3.63, 3.8) is 0 Å². The standard InChI is InChI=1S/C19H21ClN6/c1-13-5-6-14(20)11-17(13)24-7-9-25(10-8-24)18-15-3-2-4-16(15)23-19-21-12-22-26(18)19/h5-6,11-12H,2-4,7-10H2,1H3. The van der Waals surface area contributed by atoms with Crippen molar-refractivity contribution < 1.29 is 0 Å². The van der Waals surface area contributed by atoms with Crippen LogP contribution in [0.15, 0.2) is 24.5 Å². The van der Waals surface area contributed by atoms with Gasteiger partial charge in [0.25, 0.3) is 5.78 Å². The molecule has 0 unspecified atom stereocenters. The van der Waals surface area contributed by atoms with E-state index in [-0.39, 0.29) is 0 Å². The smallest absolute Gasteiger partial charge is 0.254 e. The van der Waals surface area contributed by atoms with Crippen molar-refractivity contribution >= 4 is 28.9 Å². The summed E-state index contributed by atoms with van der Waals surface area (Å²) in [6, 6.07) is 6.13.